The van der Waals surface area contributed by atoms with Gasteiger partial charge < -0.3 is 40.9 Å². The van der Waals surface area contributed by atoms with Crippen LogP contribution in [0.1, 0.15) is 62.6 Å². The van der Waals surface area contributed by atoms with Gasteiger partial charge in [0.05, 0.1) is 11.1 Å². The van der Waals surface area contributed by atoms with E-state index in [1.807, 2.05) is 6.92 Å². The Balaban J connectivity index is 1.63. The van der Waals surface area contributed by atoms with Crippen LogP contribution in [0.15, 0.2) is 84.5 Å². The number of allylic oxidation sites excluding steroid dienone is 3. The minimum atomic E-state index is -1.04. The molecule has 10 nitrogen and oxygen atoms in total. The predicted octanol–water partition coefficient (Wildman–Crippen LogP) is 5.94. The first-order chi connectivity index (χ1) is 21.3. The Morgan fingerprint density at radius 3 is 1.80 bits per heavy atom. The van der Waals surface area contributed by atoms with E-state index in [0.717, 1.165) is 35.9 Å². The number of benzene rings is 4. The van der Waals surface area contributed by atoms with Crippen LogP contribution in [-0.4, -0.2) is 52.4 Å². The molecule has 45 heavy (non-hydrogen) atoms. The minimum absolute atomic E-state index is 0.0932. The Labute approximate surface area is 257 Å². The fourth-order valence-corrected chi connectivity index (χ4v) is 5.88. The van der Waals surface area contributed by atoms with Crippen molar-refractivity contribution >= 4 is 17.6 Å². The Kier molecular flexibility index (Phi) is 8.15. The van der Waals surface area contributed by atoms with Crippen molar-refractivity contribution in [3.05, 3.63) is 112 Å². The summed E-state index contributed by atoms with van der Waals surface area (Å²) in [6.45, 7) is 1.82. The highest BCUT2D eigenvalue weighted by Crippen LogP contribution is 2.51. The molecule has 0 aromatic heterocycles. The van der Waals surface area contributed by atoms with Gasteiger partial charge in [-0.05, 0) is 67.5 Å². The largest absolute Gasteiger partial charge is 0.508 e. The second kappa shape index (κ2) is 12.0. The lowest BCUT2D eigenvalue weighted by Crippen LogP contribution is -2.31. The van der Waals surface area contributed by atoms with Crippen LogP contribution in [0.3, 0.4) is 0 Å². The summed E-state index contributed by atoms with van der Waals surface area (Å²) in [5.41, 5.74) is 1.26. The number of rotatable bonds is 7. The number of Topliss-reactive ketones (excluding diaryl/α,β-unsaturated/α-hetero) is 1. The molecule has 8 N–H and O–H groups in total. The van der Waals surface area contributed by atoms with Gasteiger partial charge in [0.1, 0.15) is 46.0 Å². The molecule has 3 atom stereocenters. The van der Waals surface area contributed by atoms with E-state index in [1.54, 1.807) is 6.08 Å². The zero-order chi connectivity index (χ0) is 32.6. The third kappa shape index (κ3) is 6.12. The van der Waals surface area contributed by atoms with Gasteiger partial charge in [0.2, 0.25) is 0 Å². The molecule has 0 saturated heterocycles. The summed E-state index contributed by atoms with van der Waals surface area (Å²) in [4.78, 5) is 27.0. The molecule has 0 aliphatic heterocycles. The first kappa shape index (κ1) is 30.6. The van der Waals surface area contributed by atoms with Crippen molar-refractivity contribution in [2.45, 2.75) is 25.2 Å². The number of carbonyl (C=O) groups excluding carboxylic acids is 2. The number of phenols is 8. The molecular weight excluding hydrogens is 580 g/mol. The third-order valence-corrected chi connectivity index (χ3v) is 7.99. The van der Waals surface area contributed by atoms with E-state index in [4.69, 9.17) is 0 Å². The standard InChI is InChI=1S/C35H30O10/c1-17-10-26(22-6-3-19(36)13-30(22)41)34(35(45)24-8-5-21(38)15-32(24)43)27(11-17)25-12-18(29(40)16-33(25)44)2-9-28(39)23-7-4-20(37)14-31(23)42/h2-9,11-16,26-27,34,36-38,40-44H,10H2,1H3/b9-2+/t26-,27+,34-/m1/s1. The van der Waals surface area contributed by atoms with Gasteiger partial charge in [0.25, 0.3) is 0 Å². The van der Waals surface area contributed by atoms with Gasteiger partial charge in [0.15, 0.2) is 11.6 Å². The summed E-state index contributed by atoms with van der Waals surface area (Å²) < 4.78 is 0. The van der Waals surface area contributed by atoms with Crippen molar-refractivity contribution in [3.63, 3.8) is 0 Å². The smallest absolute Gasteiger partial charge is 0.189 e. The van der Waals surface area contributed by atoms with Crippen molar-refractivity contribution in [1.82, 2.24) is 0 Å². The SMILES string of the molecule is CC1=C[C@@H](c2cc(/C=C/C(=O)c3ccc(O)cc3O)c(O)cc2O)[C@H](C(=O)c2ccc(O)cc2O)[C@@H](c2ccc(O)cc2O)C1. The van der Waals surface area contributed by atoms with E-state index in [9.17, 15) is 50.4 Å². The van der Waals surface area contributed by atoms with Gasteiger partial charge in [-0.25, -0.2) is 0 Å². The molecule has 4 aromatic rings. The van der Waals surface area contributed by atoms with Gasteiger partial charge in [-0.3, -0.25) is 9.59 Å². The number of carbonyl (C=O) groups is 2. The number of hydrogen-bond donors (Lipinski definition) is 8. The molecule has 0 bridgehead atoms. The number of phenolic OH excluding ortho intramolecular Hbond substituents is 8. The van der Waals surface area contributed by atoms with Crippen molar-refractivity contribution in [2.24, 2.45) is 5.92 Å². The highest BCUT2D eigenvalue weighted by molar-refractivity contribution is 6.08. The number of hydrogen-bond acceptors (Lipinski definition) is 10. The Bertz CT molecular complexity index is 1890. The second-order valence-electron chi connectivity index (χ2n) is 11.1. The first-order valence-corrected chi connectivity index (χ1v) is 13.9. The normalized spacial score (nSPS) is 18.1. The lowest BCUT2D eigenvalue weighted by Gasteiger charge is -2.37. The zero-order valence-corrected chi connectivity index (χ0v) is 23.9. The topological polar surface area (TPSA) is 196 Å². The molecule has 0 unspecified atom stereocenters. The third-order valence-electron chi connectivity index (χ3n) is 7.99. The molecule has 4 aromatic carbocycles. The minimum Gasteiger partial charge on any atom is -0.508 e. The zero-order valence-electron chi connectivity index (χ0n) is 23.9. The van der Waals surface area contributed by atoms with Crippen molar-refractivity contribution in [2.75, 3.05) is 0 Å². The Hall–Kier alpha value is -5.90. The van der Waals surface area contributed by atoms with Crippen molar-refractivity contribution in [1.29, 1.82) is 0 Å². The molecule has 0 saturated carbocycles. The molecule has 5 rings (SSSR count). The van der Waals surface area contributed by atoms with E-state index in [-0.39, 0.29) is 56.8 Å². The fraction of sp³-hybridized carbons (Fsp3) is 0.143. The molecule has 0 heterocycles. The van der Waals surface area contributed by atoms with Crippen LogP contribution in [0.4, 0.5) is 0 Å². The summed E-state index contributed by atoms with van der Waals surface area (Å²) in [6.07, 6.45) is 4.45. The van der Waals surface area contributed by atoms with E-state index in [1.165, 1.54) is 48.5 Å². The molecule has 0 fully saturated rings. The monoisotopic (exact) mass is 610 g/mol. The maximum absolute atomic E-state index is 14.2. The van der Waals surface area contributed by atoms with Gasteiger partial charge in [-0.1, -0.05) is 17.7 Å². The highest BCUT2D eigenvalue weighted by Gasteiger charge is 2.42. The summed E-state index contributed by atoms with van der Waals surface area (Å²) >= 11 is 0. The van der Waals surface area contributed by atoms with Gasteiger partial charge in [0, 0.05) is 53.1 Å². The van der Waals surface area contributed by atoms with Gasteiger partial charge in [-0.2, -0.15) is 0 Å². The Morgan fingerprint density at radius 2 is 1.20 bits per heavy atom. The van der Waals surface area contributed by atoms with Crippen LogP contribution in [0.5, 0.6) is 46.0 Å². The molecule has 10 heteroatoms. The van der Waals surface area contributed by atoms with Crippen molar-refractivity contribution < 1.29 is 50.4 Å². The Morgan fingerprint density at radius 1 is 0.644 bits per heavy atom. The summed E-state index contributed by atoms with van der Waals surface area (Å²) in [5, 5.41) is 82.4. The van der Waals surface area contributed by atoms with Crippen LogP contribution in [0, 0.1) is 5.92 Å². The number of ketones is 2. The van der Waals surface area contributed by atoms with E-state index >= 15 is 0 Å². The fourth-order valence-electron chi connectivity index (χ4n) is 5.88. The van der Waals surface area contributed by atoms with E-state index < -0.39 is 40.8 Å². The molecule has 0 amide bonds. The van der Waals surface area contributed by atoms with Crippen LogP contribution in [0.25, 0.3) is 6.08 Å². The average molecular weight is 611 g/mol. The quantitative estimate of drug-likeness (QED) is 0.0704. The summed E-state index contributed by atoms with van der Waals surface area (Å²) in [6, 6.07) is 13.6. The molecule has 0 radical (unpaired) electrons. The van der Waals surface area contributed by atoms with Crippen LogP contribution in [0.2, 0.25) is 0 Å². The van der Waals surface area contributed by atoms with Crippen molar-refractivity contribution in [3.8, 4) is 46.0 Å². The van der Waals surface area contributed by atoms with Crippen LogP contribution >= 0.6 is 0 Å². The van der Waals surface area contributed by atoms with Gasteiger partial charge in [-0.15, -0.1) is 0 Å². The maximum Gasteiger partial charge on any atom is 0.189 e. The number of aromatic hydroxyl groups is 8. The lowest BCUT2D eigenvalue weighted by molar-refractivity contribution is 0.0876. The van der Waals surface area contributed by atoms with E-state index in [2.05, 4.69) is 0 Å². The maximum atomic E-state index is 14.2. The highest BCUT2D eigenvalue weighted by atomic mass is 16.3. The first-order valence-electron chi connectivity index (χ1n) is 13.9. The molecule has 230 valence electrons. The van der Waals surface area contributed by atoms with Crippen LogP contribution < -0.4 is 0 Å². The second-order valence-corrected chi connectivity index (χ2v) is 11.1. The molecule has 1 aliphatic carbocycles. The van der Waals surface area contributed by atoms with E-state index in [0.29, 0.717) is 12.0 Å². The molecule has 0 spiro atoms. The summed E-state index contributed by atoms with van der Waals surface area (Å²) in [7, 11) is 0. The average Bonchev–Trinajstić information content (AvgIpc) is 2.96. The van der Waals surface area contributed by atoms with Crippen LogP contribution in [-0.2, 0) is 0 Å². The predicted molar refractivity (Wildman–Crippen MR) is 164 cm³/mol. The molecular formula is C35H30O10. The summed E-state index contributed by atoms with van der Waals surface area (Å²) in [5.74, 6) is -6.36. The van der Waals surface area contributed by atoms with Gasteiger partial charge >= 0.3 is 0 Å². The lowest BCUT2D eigenvalue weighted by atomic mass is 9.65. The molecule has 1 aliphatic rings.